The Morgan fingerprint density at radius 3 is 2.30 bits per heavy atom. The Labute approximate surface area is 123 Å². The number of hydrogen-bond acceptors (Lipinski definition) is 3. The van der Waals surface area contributed by atoms with Crippen molar-refractivity contribution in [3.05, 3.63) is 57.6 Å². The van der Waals surface area contributed by atoms with Crippen molar-refractivity contribution in [3.63, 3.8) is 0 Å². The number of ketones is 1. The van der Waals surface area contributed by atoms with Gasteiger partial charge in [0, 0.05) is 21.8 Å². The first-order valence-electron chi connectivity index (χ1n) is 6.19. The number of aryl methyl sites for hydroxylation is 2. The number of nitrogens with two attached hydrogens (primary N) is 1. The van der Waals surface area contributed by atoms with E-state index in [0.29, 0.717) is 21.8 Å². The van der Waals surface area contributed by atoms with Crippen molar-refractivity contribution < 1.29 is 9.53 Å². The molecular weight excluding hydrogens is 274 g/mol. The molecule has 2 aromatic rings. The van der Waals surface area contributed by atoms with Gasteiger partial charge in [0.1, 0.15) is 5.75 Å². The molecule has 0 atom stereocenters. The summed E-state index contributed by atoms with van der Waals surface area (Å²) in [6.45, 7) is 3.81. The third kappa shape index (κ3) is 2.63. The quantitative estimate of drug-likeness (QED) is 0.691. The molecule has 3 nitrogen and oxygen atoms in total. The zero-order valence-corrected chi connectivity index (χ0v) is 12.4. The normalized spacial score (nSPS) is 10.4. The maximum Gasteiger partial charge on any atom is 0.195 e. The molecule has 0 bridgehead atoms. The molecule has 2 N–H and O–H groups in total. The Kier molecular flexibility index (Phi) is 4.00. The van der Waals surface area contributed by atoms with Gasteiger partial charge in [-0.3, -0.25) is 4.79 Å². The molecule has 0 amide bonds. The highest BCUT2D eigenvalue weighted by molar-refractivity contribution is 6.31. The van der Waals surface area contributed by atoms with E-state index in [-0.39, 0.29) is 5.78 Å². The van der Waals surface area contributed by atoms with Gasteiger partial charge >= 0.3 is 0 Å². The second-order valence-corrected chi connectivity index (χ2v) is 5.14. The summed E-state index contributed by atoms with van der Waals surface area (Å²) in [4.78, 5) is 12.5. The third-order valence-electron chi connectivity index (χ3n) is 3.19. The molecule has 0 aliphatic carbocycles. The number of benzene rings is 2. The van der Waals surface area contributed by atoms with Crippen LogP contribution in [0, 0.1) is 13.8 Å². The zero-order chi connectivity index (χ0) is 14.9. The predicted octanol–water partition coefficient (Wildman–Crippen LogP) is 3.78. The summed E-state index contributed by atoms with van der Waals surface area (Å²) in [6, 6.07) is 8.49. The molecule has 0 unspecified atom stereocenters. The van der Waals surface area contributed by atoms with E-state index in [2.05, 4.69) is 0 Å². The second kappa shape index (κ2) is 5.55. The number of hydrogen-bond donors (Lipinski definition) is 1. The van der Waals surface area contributed by atoms with Gasteiger partial charge in [0.15, 0.2) is 5.78 Å². The summed E-state index contributed by atoms with van der Waals surface area (Å²) in [5, 5.41) is 0.490. The average molecular weight is 290 g/mol. The summed E-state index contributed by atoms with van der Waals surface area (Å²) in [5.74, 6) is 0.652. The topological polar surface area (TPSA) is 52.3 Å². The minimum absolute atomic E-state index is 0.140. The average Bonchev–Trinajstić information content (AvgIpc) is 2.40. The standard InChI is InChI=1S/C16H16ClNO2/c1-9-6-11(7-10(2)16(9)20-3)15(19)13-8-12(17)4-5-14(13)18/h4-8H,18H2,1-3H3. The molecule has 2 aromatic carbocycles. The molecule has 0 heterocycles. The van der Waals surface area contributed by atoms with E-state index in [4.69, 9.17) is 22.1 Å². The third-order valence-corrected chi connectivity index (χ3v) is 3.42. The minimum atomic E-state index is -0.140. The van der Waals surface area contributed by atoms with Gasteiger partial charge < -0.3 is 10.5 Å². The van der Waals surface area contributed by atoms with Crippen LogP contribution in [-0.2, 0) is 0 Å². The van der Waals surface area contributed by atoms with Gasteiger partial charge in [-0.25, -0.2) is 0 Å². The number of rotatable bonds is 3. The van der Waals surface area contributed by atoms with E-state index < -0.39 is 0 Å². The SMILES string of the molecule is COc1c(C)cc(C(=O)c2cc(Cl)ccc2N)cc1C. The number of methoxy groups -OCH3 is 1. The molecule has 0 radical (unpaired) electrons. The Hall–Kier alpha value is -2.00. The van der Waals surface area contributed by atoms with Crippen molar-refractivity contribution in [1.29, 1.82) is 0 Å². The van der Waals surface area contributed by atoms with Crippen LogP contribution in [0.4, 0.5) is 5.69 Å². The van der Waals surface area contributed by atoms with Gasteiger partial charge in [-0.05, 0) is 55.3 Å². The molecule has 0 spiro atoms. The number of anilines is 1. The van der Waals surface area contributed by atoms with Crippen LogP contribution in [-0.4, -0.2) is 12.9 Å². The smallest absolute Gasteiger partial charge is 0.195 e. The lowest BCUT2D eigenvalue weighted by Crippen LogP contribution is -2.06. The predicted molar refractivity (Wildman–Crippen MR) is 81.8 cm³/mol. The van der Waals surface area contributed by atoms with Crippen LogP contribution in [0.2, 0.25) is 5.02 Å². The highest BCUT2D eigenvalue weighted by Crippen LogP contribution is 2.27. The summed E-state index contributed by atoms with van der Waals surface area (Å²) >= 11 is 5.93. The molecular formula is C16H16ClNO2. The molecule has 4 heteroatoms. The van der Waals surface area contributed by atoms with Crippen LogP contribution in [0.15, 0.2) is 30.3 Å². The molecule has 0 fully saturated rings. The Bertz CT molecular complexity index is 657. The lowest BCUT2D eigenvalue weighted by Gasteiger charge is -2.11. The number of carbonyl (C=O) groups is 1. The van der Waals surface area contributed by atoms with Crippen LogP contribution in [0.1, 0.15) is 27.0 Å². The van der Waals surface area contributed by atoms with Crippen LogP contribution in [0.5, 0.6) is 5.75 Å². The van der Waals surface area contributed by atoms with Crippen molar-refractivity contribution in [2.45, 2.75) is 13.8 Å². The molecule has 2 rings (SSSR count). The molecule has 0 aromatic heterocycles. The zero-order valence-electron chi connectivity index (χ0n) is 11.7. The summed E-state index contributed by atoms with van der Waals surface area (Å²) in [7, 11) is 1.62. The summed E-state index contributed by atoms with van der Waals surface area (Å²) in [6.07, 6.45) is 0. The Morgan fingerprint density at radius 1 is 1.15 bits per heavy atom. The van der Waals surface area contributed by atoms with Gasteiger partial charge in [-0.15, -0.1) is 0 Å². The van der Waals surface area contributed by atoms with Crippen LogP contribution < -0.4 is 10.5 Å². The number of ether oxygens (including phenoxy) is 1. The van der Waals surface area contributed by atoms with Gasteiger partial charge in [-0.2, -0.15) is 0 Å². The highest BCUT2D eigenvalue weighted by atomic mass is 35.5. The molecule has 0 saturated heterocycles. The van der Waals surface area contributed by atoms with Gasteiger partial charge in [-0.1, -0.05) is 11.6 Å². The van der Waals surface area contributed by atoms with Crippen molar-refractivity contribution in [2.24, 2.45) is 0 Å². The molecule has 0 aliphatic heterocycles. The fourth-order valence-electron chi connectivity index (χ4n) is 2.28. The van der Waals surface area contributed by atoms with Crippen molar-refractivity contribution in [3.8, 4) is 5.75 Å². The molecule has 0 saturated carbocycles. The van der Waals surface area contributed by atoms with Gasteiger partial charge in [0.05, 0.1) is 7.11 Å². The van der Waals surface area contributed by atoms with Crippen LogP contribution >= 0.6 is 11.6 Å². The fourth-order valence-corrected chi connectivity index (χ4v) is 2.46. The first-order valence-corrected chi connectivity index (χ1v) is 6.56. The maximum atomic E-state index is 12.5. The van der Waals surface area contributed by atoms with E-state index in [1.165, 1.54) is 0 Å². The Balaban J connectivity index is 2.51. The van der Waals surface area contributed by atoms with Crippen LogP contribution in [0.25, 0.3) is 0 Å². The van der Waals surface area contributed by atoms with Crippen LogP contribution in [0.3, 0.4) is 0 Å². The van der Waals surface area contributed by atoms with Gasteiger partial charge in [0.25, 0.3) is 0 Å². The number of nitrogen functional groups attached to an aromatic ring is 1. The van der Waals surface area contributed by atoms with Crippen molar-refractivity contribution in [2.75, 3.05) is 12.8 Å². The number of carbonyl (C=O) groups excluding carboxylic acids is 1. The monoisotopic (exact) mass is 289 g/mol. The molecule has 104 valence electrons. The lowest BCUT2D eigenvalue weighted by molar-refractivity contribution is 0.103. The second-order valence-electron chi connectivity index (χ2n) is 4.70. The Morgan fingerprint density at radius 2 is 1.75 bits per heavy atom. The van der Waals surface area contributed by atoms with E-state index in [9.17, 15) is 4.79 Å². The molecule has 20 heavy (non-hydrogen) atoms. The minimum Gasteiger partial charge on any atom is -0.496 e. The fraction of sp³-hybridized carbons (Fsp3) is 0.188. The van der Waals surface area contributed by atoms with E-state index >= 15 is 0 Å². The van der Waals surface area contributed by atoms with E-state index in [0.717, 1.165) is 16.9 Å². The first kappa shape index (κ1) is 14.4. The lowest BCUT2D eigenvalue weighted by atomic mass is 9.97. The summed E-state index contributed by atoms with van der Waals surface area (Å²) < 4.78 is 5.30. The van der Waals surface area contributed by atoms with E-state index in [1.807, 2.05) is 13.8 Å². The van der Waals surface area contributed by atoms with Gasteiger partial charge in [0.2, 0.25) is 0 Å². The highest BCUT2D eigenvalue weighted by Gasteiger charge is 2.15. The maximum absolute atomic E-state index is 12.5. The number of halogens is 1. The van der Waals surface area contributed by atoms with Crippen molar-refractivity contribution in [1.82, 2.24) is 0 Å². The first-order chi connectivity index (χ1) is 9.43. The van der Waals surface area contributed by atoms with E-state index in [1.54, 1.807) is 37.4 Å². The summed E-state index contributed by atoms with van der Waals surface area (Å²) in [5.41, 5.74) is 9.10. The molecule has 0 aliphatic rings. The van der Waals surface area contributed by atoms with Crippen molar-refractivity contribution >= 4 is 23.1 Å². The largest absolute Gasteiger partial charge is 0.496 e.